The number of amides is 1. The standard InChI is InChI=1S/C23H20Cl2N2O3/c1-2-29-21-9-6-17(7-10-21)23(28)27-26-14-18-13-20(25)8-11-22(18)30-15-16-4-3-5-19(24)12-16/h3-14H,2,15H2,1H3,(H,27,28)/b26-14-. The van der Waals surface area contributed by atoms with Crippen LogP contribution in [0.15, 0.2) is 71.8 Å². The molecule has 0 fully saturated rings. The molecule has 7 heteroatoms. The number of hydrogen-bond acceptors (Lipinski definition) is 4. The van der Waals surface area contributed by atoms with Gasteiger partial charge in [0.1, 0.15) is 18.1 Å². The molecule has 3 aromatic rings. The predicted molar refractivity (Wildman–Crippen MR) is 120 cm³/mol. The van der Waals surface area contributed by atoms with Crippen LogP contribution >= 0.6 is 23.2 Å². The van der Waals surface area contributed by atoms with Crippen LogP contribution in [0.25, 0.3) is 0 Å². The zero-order chi connectivity index (χ0) is 21.3. The Morgan fingerprint density at radius 3 is 2.50 bits per heavy atom. The molecule has 154 valence electrons. The molecule has 0 bridgehead atoms. The van der Waals surface area contributed by atoms with Crippen LogP contribution in [0.4, 0.5) is 0 Å². The summed E-state index contributed by atoms with van der Waals surface area (Å²) in [7, 11) is 0. The smallest absolute Gasteiger partial charge is 0.271 e. The van der Waals surface area contributed by atoms with Crippen molar-refractivity contribution in [3.8, 4) is 11.5 Å². The number of ether oxygens (including phenoxy) is 2. The Labute approximate surface area is 185 Å². The normalized spacial score (nSPS) is 10.8. The molecule has 0 saturated carbocycles. The van der Waals surface area contributed by atoms with Crippen molar-refractivity contribution in [1.29, 1.82) is 0 Å². The maximum absolute atomic E-state index is 12.3. The van der Waals surface area contributed by atoms with Crippen molar-refractivity contribution in [2.45, 2.75) is 13.5 Å². The molecule has 0 atom stereocenters. The van der Waals surface area contributed by atoms with Crippen molar-refractivity contribution in [3.05, 3.63) is 93.5 Å². The van der Waals surface area contributed by atoms with Crippen LogP contribution < -0.4 is 14.9 Å². The first kappa shape index (κ1) is 21.7. The minimum atomic E-state index is -0.335. The highest BCUT2D eigenvalue weighted by molar-refractivity contribution is 6.31. The molecular weight excluding hydrogens is 423 g/mol. The molecule has 0 heterocycles. The van der Waals surface area contributed by atoms with Crippen LogP contribution in [0, 0.1) is 0 Å². The lowest BCUT2D eigenvalue weighted by Gasteiger charge is -2.10. The van der Waals surface area contributed by atoms with Crippen molar-refractivity contribution in [1.82, 2.24) is 5.43 Å². The zero-order valence-corrected chi connectivity index (χ0v) is 17.8. The van der Waals surface area contributed by atoms with Crippen LogP contribution in [0.2, 0.25) is 10.0 Å². The van der Waals surface area contributed by atoms with E-state index in [1.807, 2.05) is 25.1 Å². The van der Waals surface area contributed by atoms with Gasteiger partial charge < -0.3 is 9.47 Å². The van der Waals surface area contributed by atoms with Crippen molar-refractivity contribution in [2.24, 2.45) is 5.10 Å². The largest absolute Gasteiger partial charge is 0.494 e. The lowest BCUT2D eigenvalue weighted by molar-refractivity contribution is 0.0955. The lowest BCUT2D eigenvalue weighted by Crippen LogP contribution is -2.17. The average molecular weight is 443 g/mol. The molecule has 0 unspecified atom stereocenters. The highest BCUT2D eigenvalue weighted by Gasteiger charge is 2.06. The summed E-state index contributed by atoms with van der Waals surface area (Å²) in [5, 5.41) is 5.21. The molecule has 5 nitrogen and oxygen atoms in total. The van der Waals surface area contributed by atoms with E-state index in [-0.39, 0.29) is 5.91 Å². The molecule has 3 aromatic carbocycles. The number of hydrazone groups is 1. The summed E-state index contributed by atoms with van der Waals surface area (Å²) in [6.07, 6.45) is 1.49. The minimum absolute atomic E-state index is 0.335. The first-order valence-electron chi connectivity index (χ1n) is 9.28. The number of carbonyl (C=O) groups excluding carboxylic acids is 1. The molecule has 0 aliphatic rings. The Morgan fingerprint density at radius 1 is 1.00 bits per heavy atom. The maximum Gasteiger partial charge on any atom is 0.271 e. The van der Waals surface area contributed by atoms with E-state index in [0.29, 0.717) is 45.9 Å². The van der Waals surface area contributed by atoms with E-state index < -0.39 is 0 Å². The third kappa shape index (κ3) is 6.24. The molecule has 3 rings (SSSR count). The van der Waals surface area contributed by atoms with Crippen LogP contribution in [0.1, 0.15) is 28.4 Å². The van der Waals surface area contributed by atoms with Gasteiger partial charge in [-0.05, 0) is 67.1 Å². The Hall–Kier alpha value is -3.02. The Balaban J connectivity index is 1.65. The molecule has 0 aromatic heterocycles. The van der Waals surface area contributed by atoms with E-state index in [4.69, 9.17) is 32.7 Å². The van der Waals surface area contributed by atoms with Gasteiger partial charge in [-0.1, -0.05) is 35.3 Å². The second-order valence-electron chi connectivity index (χ2n) is 6.26. The first-order chi connectivity index (χ1) is 14.5. The summed E-state index contributed by atoms with van der Waals surface area (Å²) < 4.78 is 11.2. The molecule has 0 aliphatic heterocycles. The van der Waals surface area contributed by atoms with Gasteiger partial charge in [0.05, 0.1) is 12.8 Å². The number of hydrogen-bond donors (Lipinski definition) is 1. The van der Waals surface area contributed by atoms with Gasteiger partial charge in [0.15, 0.2) is 0 Å². The minimum Gasteiger partial charge on any atom is -0.494 e. The second kappa shape index (κ2) is 10.7. The van der Waals surface area contributed by atoms with E-state index in [2.05, 4.69) is 10.5 Å². The fourth-order valence-corrected chi connectivity index (χ4v) is 3.03. The monoisotopic (exact) mass is 442 g/mol. The van der Waals surface area contributed by atoms with Crippen LogP contribution in [-0.4, -0.2) is 18.7 Å². The SMILES string of the molecule is CCOc1ccc(C(=O)N/N=C\c2cc(Cl)ccc2OCc2cccc(Cl)c2)cc1. The number of halogens is 2. The Bertz CT molecular complexity index is 1040. The van der Waals surface area contributed by atoms with Gasteiger partial charge in [-0.3, -0.25) is 4.79 Å². The van der Waals surface area contributed by atoms with Gasteiger partial charge in [0.25, 0.3) is 5.91 Å². The van der Waals surface area contributed by atoms with E-state index in [1.165, 1.54) is 6.21 Å². The van der Waals surface area contributed by atoms with Crippen molar-refractivity contribution in [2.75, 3.05) is 6.61 Å². The third-order valence-corrected chi connectivity index (χ3v) is 4.52. The summed E-state index contributed by atoms with van der Waals surface area (Å²) >= 11 is 12.1. The van der Waals surface area contributed by atoms with Gasteiger partial charge >= 0.3 is 0 Å². The zero-order valence-electron chi connectivity index (χ0n) is 16.3. The van der Waals surface area contributed by atoms with Crippen LogP contribution in [0.5, 0.6) is 11.5 Å². The van der Waals surface area contributed by atoms with Crippen LogP contribution in [0.3, 0.4) is 0 Å². The first-order valence-corrected chi connectivity index (χ1v) is 10.0. The average Bonchev–Trinajstić information content (AvgIpc) is 2.74. The van der Waals surface area contributed by atoms with Crippen LogP contribution in [-0.2, 0) is 6.61 Å². The van der Waals surface area contributed by atoms with E-state index in [9.17, 15) is 4.79 Å². The van der Waals surface area contributed by atoms with E-state index in [0.717, 1.165) is 5.56 Å². The maximum atomic E-state index is 12.3. The lowest BCUT2D eigenvalue weighted by atomic mass is 10.2. The van der Waals surface area contributed by atoms with Crippen molar-refractivity contribution in [3.63, 3.8) is 0 Å². The van der Waals surface area contributed by atoms with Gasteiger partial charge in [0.2, 0.25) is 0 Å². The summed E-state index contributed by atoms with van der Waals surface area (Å²) in [6.45, 7) is 2.80. The molecule has 0 radical (unpaired) electrons. The Kier molecular flexibility index (Phi) is 7.71. The van der Waals surface area contributed by atoms with Crippen molar-refractivity contribution < 1.29 is 14.3 Å². The molecule has 0 spiro atoms. The molecule has 0 aliphatic carbocycles. The summed E-state index contributed by atoms with van der Waals surface area (Å²) in [6, 6.07) is 19.4. The molecule has 0 saturated heterocycles. The molecule has 30 heavy (non-hydrogen) atoms. The molecule has 1 N–H and O–H groups in total. The summed E-state index contributed by atoms with van der Waals surface area (Å²) in [5.41, 5.74) is 4.54. The van der Waals surface area contributed by atoms with Gasteiger partial charge in [0, 0.05) is 21.2 Å². The third-order valence-electron chi connectivity index (χ3n) is 4.05. The number of benzene rings is 3. The quantitative estimate of drug-likeness (QED) is 0.357. The van der Waals surface area contributed by atoms with E-state index >= 15 is 0 Å². The molecule has 1 amide bonds. The molecular formula is C23H20Cl2N2O3. The fraction of sp³-hybridized carbons (Fsp3) is 0.130. The highest BCUT2D eigenvalue weighted by atomic mass is 35.5. The van der Waals surface area contributed by atoms with Gasteiger partial charge in [-0.25, -0.2) is 5.43 Å². The van der Waals surface area contributed by atoms with Crippen molar-refractivity contribution >= 4 is 35.3 Å². The Morgan fingerprint density at radius 2 is 1.77 bits per heavy atom. The fourth-order valence-electron chi connectivity index (χ4n) is 2.63. The van der Waals surface area contributed by atoms with Gasteiger partial charge in [-0.2, -0.15) is 5.10 Å². The number of nitrogens with zero attached hydrogens (tertiary/aromatic N) is 1. The summed E-state index contributed by atoms with van der Waals surface area (Å²) in [4.78, 5) is 12.3. The number of carbonyl (C=O) groups is 1. The number of nitrogens with one attached hydrogen (secondary N) is 1. The second-order valence-corrected chi connectivity index (χ2v) is 7.13. The topological polar surface area (TPSA) is 59.9 Å². The number of rotatable bonds is 8. The summed E-state index contributed by atoms with van der Waals surface area (Å²) in [5.74, 6) is 0.953. The van der Waals surface area contributed by atoms with E-state index in [1.54, 1.807) is 48.5 Å². The van der Waals surface area contributed by atoms with Gasteiger partial charge in [-0.15, -0.1) is 0 Å². The predicted octanol–water partition coefficient (Wildman–Crippen LogP) is 5.74. The highest BCUT2D eigenvalue weighted by Crippen LogP contribution is 2.23.